The third kappa shape index (κ3) is 1.45. The molecule has 0 atom stereocenters. The molecule has 0 radical (unpaired) electrons. The lowest BCUT2D eigenvalue weighted by Gasteiger charge is -2.06. The Morgan fingerprint density at radius 2 is 2.35 bits per heavy atom. The van der Waals surface area contributed by atoms with Gasteiger partial charge in [0, 0.05) is 24.9 Å². The van der Waals surface area contributed by atoms with Gasteiger partial charge in [-0.25, -0.2) is 4.98 Å². The number of pyridine rings is 2. The Labute approximate surface area is 96.8 Å². The summed E-state index contributed by atoms with van der Waals surface area (Å²) in [6.45, 7) is 4.31. The van der Waals surface area contributed by atoms with Crippen LogP contribution >= 0.6 is 0 Å². The van der Waals surface area contributed by atoms with Crippen molar-refractivity contribution in [3.8, 4) is 0 Å². The van der Waals surface area contributed by atoms with Crippen molar-refractivity contribution < 1.29 is 4.42 Å². The van der Waals surface area contributed by atoms with Crippen LogP contribution in [-0.2, 0) is 6.54 Å². The van der Waals surface area contributed by atoms with Crippen LogP contribution < -0.4 is 5.43 Å². The third-order valence-corrected chi connectivity index (χ3v) is 2.69. The molecule has 3 heterocycles. The fraction of sp³-hybridized carbons (Fsp3) is 0.0769. The molecule has 17 heavy (non-hydrogen) atoms. The van der Waals surface area contributed by atoms with Crippen molar-refractivity contribution in [3.05, 3.63) is 53.5 Å². The summed E-state index contributed by atoms with van der Waals surface area (Å²) in [5.74, 6) is 0. The van der Waals surface area contributed by atoms with Crippen molar-refractivity contribution in [2.24, 2.45) is 0 Å². The Morgan fingerprint density at radius 1 is 1.47 bits per heavy atom. The predicted molar refractivity (Wildman–Crippen MR) is 66.0 cm³/mol. The van der Waals surface area contributed by atoms with E-state index in [0.29, 0.717) is 23.2 Å². The van der Waals surface area contributed by atoms with Gasteiger partial charge in [0.1, 0.15) is 11.2 Å². The number of hydrogen-bond acceptors (Lipinski definition) is 3. The van der Waals surface area contributed by atoms with Crippen LogP contribution in [0.2, 0.25) is 0 Å². The quantitative estimate of drug-likeness (QED) is 0.630. The smallest absolute Gasteiger partial charge is 0.191 e. The SMILES string of the molecule is C=CCn1ccc(=O)c2cc3occc3nc21. The van der Waals surface area contributed by atoms with Crippen molar-refractivity contribution in [2.45, 2.75) is 6.54 Å². The Kier molecular flexibility index (Phi) is 2.08. The summed E-state index contributed by atoms with van der Waals surface area (Å²) >= 11 is 0. The molecule has 0 saturated heterocycles. The molecule has 3 aromatic heterocycles. The van der Waals surface area contributed by atoms with E-state index >= 15 is 0 Å². The maximum Gasteiger partial charge on any atom is 0.191 e. The number of rotatable bonds is 2. The number of aromatic nitrogens is 2. The highest BCUT2D eigenvalue weighted by molar-refractivity contribution is 5.87. The minimum Gasteiger partial charge on any atom is -0.463 e. The van der Waals surface area contributed by atoms with Crippen molar-refractivity contribution in [3.63, 3.8) is 0 Å². The predicted octanol–water partition coefficient (Wildman–Crippen LogP) is 2.33. The maximum atomic E-state index is 11.8. The number of furan rings is 1. The number of hydrogen-bond donors (Lipinski definition) is 0. The van der Waals surface area contributed by atoms with Gasteiger partial charge in [0.15, 0.2) is 11.0 Å². The van der Waals surface area contributed by atoms with Gasteiger partial charge in [-0.3, -0.25) is 4.79 Å². The highest BCUT2D eigenvalue weighted by Gasteiger charge is 2.07. The lowest BCUT2D eigenvalue weighted by molar-refractivity contribution is 0.616. The highest BCUT2D eigenvalue weighted by Crippen LogP contribution is 2.17. The van der Waals surface area contributed by atoms with Crippen LogP contribution in [0, 0.1) is 0 Å². The molecule has 0 saturated carbocycles. The van der Waals surface area contributed by atoms with Crippen LogP contribution in [0.4, 0.5) is 0 Å². The van der Waals surface area contributed by atoms with Crippen LogP contribution in [-0.4, -0.2) is 9.55 Å². The Hall–Kier alpha value is -2.36. The second kappa shape index (κ2) is 3.59. The van der Waals surface area contributed by atoms with Crippen LogP contribution in [0.25, 0.3) is 22.1 Å². The first kappa shape index (κ1) is 9.84. The molecular formula is C13H10N2O2. The van der Waals surface area contributed by atoms with Gasteiger partial charge in [-0.1, -0.05) is 6.08 Å². The van der Waals surface area contributed by atoms with Crippen LogP contribution in [0.1, 0.15) is 0 Å². The summed E-state index contributed by atoms with van der Waals surface area (Å²) in [6.07, 6.45) is 5.06. The number of allylic oxidation sites excluding steroid dienone is 1. The molecule has 0 aliphatic heterocycles. The first-order chi connectivity index (χ1) is 8.29. The molecule has 0 aliphatic rings. The van der Waals surface area contributed by atoms with Gasteiger partial charge in [-0.05, 0) is 6.07 Å². The summed E-state index contributed by atoms with van der Waals surface area (Å²) in [5, 5.41) is 0.566. The lowest BCUT2D eigenvalue weighted by atomic mass is 10.2. The van der Waals surface area contributed by atoms with E-state index in [0.717, 1.165) is 5.52 Å². The highest BCUT2D eigenvalue weighted by atomic mass is 16.3. The van der Waals surface area contributed by atoms with E-state index < -0.39 is 0 Å². The summed E-state index contributed by atoms with van der Waals surface area (Å²) in [6, 6.07) is 5.05. The zero-order valence-corrected chi connectivity index (χ0v) is 9.09. The molecule has 0 aromatic carbocycles. The molecule has 0 spiro atoms. The van der Waals surface area contributed by atoms with E-state index in [1.54, 1.807) is 30.7 Å². The Morgan fingerprint density at radius 3 is 3.18 bits per heavy atom. The van der Waals surface area contributed by atoms with Crippen LogP contribution in [0.5, 0.6) is 0 Å². The average Bonchev–Trinajstić information content (AvgIpc) is 2.78. The summed E-state index contributed by atoms with van der Waals surface area (Å²) in [7, 11) is 0. The largest absolute Gasteiger partial charge is 0.463 e. The molecule has 0 N–H and O–H groups in total. The van der Waals surface area contributed by atoms with Crippen LogP contribution in [0.3, 0.4) is 0 Å². The zero-order chi connectivity index (χ0) is 11.8. The van der Waals surface area contributed by atoms with E-state index in [1.165, 1.54) is 6.07 Å². The Bertz CT molecular complexity index is 768. The molecular weight excluding hydrogens is 216 g/mol. The molecule has 0 unspecified atom stereocenters. The zero-order valence-electron chi connectivity index (χ0n) is 9.09. The van der Waals surface area contributed by atoms with Gasteiger partial charge in [-0.2, -0.15) is 0 Å². The van der Waals surface area contributed by atoms with Gasteiger partial charge in [0.25, 0.3) is 0 Å². The Balaban J connectivity index is 2.48. The van der Waals surface area contributed by atoms with E-state index in [2.05, 4.69) is 11.6 Å². The van der Waals surface area contributed by atoms with Crippen molar-refractivity contribution in [2.75, 3.05) is 0 Å². The monoisotopic (exact) mass is 226 g/mol. The molecule has 3 aromatic rings. The third-order valence-electron chi connectivity index (χ3n) is 2.69. The van der Waals surface area contributed by atoms with Gasteiger partial charge in [0.2, 0.25) is 0 Å². The van der Waals surface area contributed by atoms with Crippen LogP contribution in [0.15, 0.2) is 52.5 Å². The first-order valence-corrected chi connectivity index (χ1v) is 5.28. The standard InChI is InChI=1S/C13H10N2O2/c1-2-5-15-6-3-11(16)9-8-12-10(4-7-17-12)14-13(9)15/h2-4,6-8H,1,5H2. The minimum atomic E-state index is -0.0499. The fourth-order valence-electron chi connectivity index (χ4n) is 1.89. The van der Waals surface area contributed by atoms with E-state index in [4.69, 9.17) is 4.42 Å². The van der Waals surface area contributed by atoms with Crippen molar-refractivity contribution >= 4 is 22.1 Å². The summed E-state index contributed by atoms with van der Waals surface area (Å²) in [5.41, 5.74) is 1.99. The maximum absolute atomic E-state index is 11.8. The second-order valence-electron chi connectivity index (χ2n) is 3.78. The normalized spacial score (nSPS) is 11.1. The molecule has 3 rings (SSSR count). The fourth-order valence-corrected chi connectivity index (χ4v) is 1.89. The van der Waals surface area contributed by atoms with Crippen molar-refractivity contribution in [1.29, 1.82) is 0 Å². The van der Waals surface area contributed by atoms with Crippen molar-refractivity contribution in [1.82, 2.24) is 9.55 Å². The minimum absolute atomic E-state index is 0.0499. The second-order valence-corrected chi connectivity index (χ2v) is 3.78. The number of nitrogens with zero attached hydrogens (tertiary/aromatic N) is 2. The molecule has 84 valence electrons. The molecule has 0 amide bonds. The molecule has 4 heteroatoms. The van der Waals surface area contributed by atoms with Gasteiger partial charge >= 0.3 is 0 Å². The van der Waals surface area contributed by atoms with Gasteiger partial charge < -0.3 is 8.98 Å². The molecule has 0 bridgehead atoms. The molecule has 0 fully saturated rings. The summed E-state index contributed by atoms with van der Waals surface area (Å²) < 4.78 is 7.14. The van der Waals surface area contributed by atoms with E-state index in [-0.39, 0.29) is 5.43 Å². The van der Waals surface area contributed by atoms with E-state index in [1.807, 2.05) is 4.57 Å². The molecule has 4 nitrogen and oxygen atoms in total. The van der Waals surface area contributed by atoms with E-state index in [9.17, 15) is 4.79 Å². The topological polar surface area (TPSA) is 48.0 Å². The summed E-state index contributed by atoms with van der Waals surface area (Å²) in [4.78, 5) is 16.2. The van der Waals surface area contributed by atoms with Gasteiger partial charge in [-0.15, -0.1) is 6.58 Å². The number of fused-ring (bicyclic) bond motifs is 2. The lowest BCUT2D eigenvalue weighted by Crippen LogP contribution is -2.08. The average molecular weight is 226 g/mol. The molecule has 0 aliphatic carbocycles. The first-order valence-electron chi connectivity index (χ1n) is 5.28. The van der Waals surface area contributed by atoms with Gasteiger partial charge in [0.05, 0.1) is 11.6 Å².